The SMILES string of the molecule is C#CCNC(=O)CN1CCC(C(=O)N2CCCC2)CC1. The molecule has 2 rings (SSSR count). The predicted molar refractivity (Wildman–Crippen MR) is 76.8 cm³/mol. The van der Waals surface area contributed by atoms with Crippen LogP contribution in [-0.2, 0) is 9.59 Å². The highest BCUT2D eigenvalue weighted by molar-refractivity contribution is 5.79. The Hall–Kier alpha value is -1.54. The summed E-state index contributed by atoms with van der Waals surface area (Å²) in [5.74, 6) is 2.82. The van der Waals surface area contributed by atoms with Crippen LogP contribution in [0, 0.1) is 18.3 Å². The maximum atomic E-state index is 12.3. The van der Waals surface area contributed by atoms with Crippen LogP contribution in [0.2, 0.25) is 0 Å². The number of nitrogens with one attached hydrogen (secondary N) is 1. The van der Waals surface area contributed by atoms with Crippen molar-refractivity contribution in [3.05, 3.63) is 0 Å². The second-order valence-electron chi connectivity index (χ2n) is 5.56. The maximum Gasteiger partial charge on any atom is 0.234 e. The summed E-state index contributed by atoms with van der Waals surface area (Å²) in [5, 5.41) is 2.67. The molecule has 0 bridgehead atoms. The van der Waals surface area contributed by atoms with E-state index >= 15 is 0 Å². The molecule has 0 aromatic heterocycles. The Bertz CT molecular complexity index is 388. The lowest BCUT2D eigenvalue weighted by Gasteiger charge is -2.32. The van der Waals surface area contributed by atoms with Crippen LogP contribution in [0.3, 0.4) is 0 Å². The van der Waals surface area contributed by atoms with Crippen molar-refractivity contribution in [2.45, 2.75) is 25.7 Å². The van der Waals surface area contributed by atoms with Crippen molar-refractivity contribution in [3.8, 4) is 12.3 Å². The molecule has 2 saturated heterocycles. The molecule has 5 heteroatoms. The highest BCUT2D eigenvalue weighted by Crippen LogP contribution is 2.21. The van der Waals surface area contributed by atoms with Crippen LogP contribution in [-0.4, -0.2) is 60.9 Å². The van der Waals surface area contributed by atoms with Crippen LogP contribution in [0.5, 0.6) is 0 Å². The van der Waals surface area contributed by atoms with Gasteiger partial charge in [0.2, 0.25) is 11.8 Å². The van der Waals surface area contributed by atoms with Crippen molar-refractivity contribution < 1.29 is 9.59 Å². The maximum absolute atomic E-state index is 12.3. The van der Waals surface area contributed by atoms with Gasteiger partial charge in [-0.2, -0.15) is 0 Å². The molecule has 0 radical (unpaired) electrons. The zero-order valence-corrected chi connectivity index (χ0v) is 11.9. The average molecular weight is 277 g/mol. The molecule has 2 aliphatic heterocycles. The summed E-state index contributed by atoms with van der Waals surface area (Å²) in [6.45, 7) is 4.14. The van der Waals surface area contributed by atoms with Crippen molar-refractivity contribution in [2.75, 3.05) is 39.3 Å². The molecule has 20 heavy (non-hydrogen) atoms. The number of nitrogens with zero attached hydrogens (tertiary/aromatic N) is 2. The van der Waals surface area contributed by atoms with Gasteiger partial charge in [0.05, 0.1) is 13.1 Å². The van der Waals surface area contributed by atoms with Gasteiger partial charge in [0.25, 0.3) is 0 Å². The minimum atomic E-state index is -0.0349. The van der Waals surface area contributed by atoms with E-state index in [0.717, 1.165) is 51.9 Å². The van der Waals surface area contributed by atoms with Gasteiger partial charge >= 0.3 is 0 Å². The van der Waals surface area contributed by atoms with E-state index in [9.17, 15) is 9.59 Å². The monoisotopic (exact) mass is 277 g/mol. The normalized spacial score (nSPS) is 20.6. The first-order valence-electron chi connectivity index (χ1n) is 7.42. The van der Waals surface area contributed by atoms with Gasteiger partial charge in [-0.1, -0.05) is 5.92 Å². The Morgan fingerprint density at radius 3 is 2.40 bits per heavy atom. The Kier molecular flexibility index (Phi) is 5.42. The molecule has 0 spiro atoms. The number of rotatable bonds is 4. The molecule has 0 atom stereocenters. The van der Waals surface area contributed by atoms with Crippen LogP contribution in [0.25, 0.3) is 0 Å². The molecule has 1 N–H and O–H groups in total. The summed E-state index contributed by atoms with van der Waals surface area (Å²) < 4.78 is 0. The first-order valence-corrected chi connectivity index (χ1v) is 7.42. The average Bonchev–Trinajstić information content (AvgIpc) is 2.99. The Balaban J connectivity index is 1.70. The second-order valence-corrected chi connectivity index (χ2v) is 5.56. The van der Waals surface area contributed by atoms with Gasteiger partial charge in [0.15, 0.2) is 0 Å². The topological polar surface area (TPSA) is 52.7 Å². The minimum Gasteiger partial charge on any atom is -0.344 e. The van der Waals surface area contributed by atoms with Gasteiger partial charge in [-0.15, -0.1) is 6.42 Å². The molecule has 2 heterocycles. The Morgan fingerprint density at radius 2 is 1.80 bits per heavy atom. The second kappa shape index (κ2) is 7.30. The number of carbonyl (C=O) groups excluding carboxylic acids is 2. The van der Waals surface area contributed by atoms with E-state index in [1.807, 2.05) is 4.90 Å². The summed E-state index contributed by atoms with van der Waals surface area (Å²) in [6.07, 6.45) is 9.10. The quantitative estimate of drug-likeness (QED) is 0.740. The fourth-order valence-corrected chi connectivity index (χ4v) is 2.94. The number of hydrogen-bond acceptors (Lipinski definition) is 3. The van der Waals surface area contributed by atoms with Gasteiger partial charge in [0, 0.05) is 19.0 Å². The zero-order chi connectivity index (χ0) is 14.4. The highest BCUT2D eigenvalue weighted by atomic mass is 16.2. The summed E-state index contributed by atoms with van der Waals surface area (Å²) in [5.41, 5.74) is 0. The van der Waals surface area contributed by atoms with Gasteiger partial charge < -0.3 is 10.2 Å². The van der Waals surface area contributed by atoms with E-state index in [2.05, 4.69) is 16.1 Å². The third-order valence-electron chi connectivity index (χ3n) is 4.11. The number of hydrogen-bond donors (Lipinski definition) is 1. The molecule has 110 valence electrons. The zero-order valence-electron chi connectivity index (χ0n) is 11.9. The van der Waals surface area contributed by atoms with Gasteiger partial charge in [-0.3, -0.25) is 14.5 Å². The number of likely N-dealkylation sites (tertiary alicyclic amines) is 2. The van der Waals surface area contributed by atoms with Gasteiger partial charge in [0.1, 0.15) is 0 Å². The number of carbonyl (C=O) groups is 2. The molecule has 2 fully saturated rings. The van der Waals surface area contributed by atoms with Crippen LogP contribution in [0.15, 0.2) is 0 Å². The summed E-state index contributed by atoms with van der Waals surface area (Å²) in [4.78, 5) is 27.9. The lowest BCUT2D eigenvalue weighted by atomic mass is 9.95. The van der Waals surface area contributed by atoms with Crippen LogP contribution >= 0.6 is 0 Å². The molecular weight excluding hydrogens is 254 g/mol. The third kappa shape index (κ3) is 3.97. The van der Waals surface area contributed by atoms with E-state index in [1.165, 1.54) is 0 Å². The lowest BCUT2D eigenvalue weighted by Crippen LogP contribution is -2.45. The fraction of sp³-hybridized carbons (Fsp3) is 0.733. The molecule has 2 amide bonds. The summed E-state index contributed by atoms with van der Waals surface area (Å²) >= 11 is 0. The summed E-state index contributed by atoms with van der Waals surface area (Å²) in [6, 6.07) is 0. The number of piperidine rings is 1. The molecule has 0 aromatic rings. The smallest absolute Gasteiger partial charge is 0.234 e. The molecule has 0 aromatic carbocycles. The highest BCUT2D eigenvalue weighted by Gasteiger charge is 2.30. The number of amides is 2. The summed E-state index contributed by atoms with van der Waals surface area (Å²) in [7, 11) is 0. The number of terminal acetylenes is 1. The van der Waals surface area contributed by atoms with Crippen molar-refractivity contribution >= 4 is 11.8 Å². The van der Waals surface area contributed by atoms with Crippen LogP contribution in [0.4, 0.5) is 0 Å². The Morgan fingerprint density at radius 1 is 1.15 bits per heavy atom. The molecule has 0 unspecified atom stereocenters. The largest absolute Gasteiger partial charge is 0.344 e. The fourth-order valence-electron chi connectivity index (χ4n) is 2.94. The van der Waals surface area contributed by atoms with E-state index in [4.69, 9.17) is 6.42 Å². The standard InChI is InChI=1S/C15H23N3O2/c1-2-7-16-14(19)12-17-10-5-13(6-11-17)15(20)18-8-3-4-9-18/h1,13H,3-12H2,(H,16,19). The molecule has 0 saturated carbocycles. The van der Waals surface area contributed by atoms with Crippen molar-refractivity contribution in [1.82, 2.24) is 15.1 Å². The third-order valence-corrected chi connectivity index (χ3v) is 4.11. The minimum absolute atomic E-state index is 0.0349. The Labute approximate surface area is 120 Å². The predicted octanol–water partition coefficient (Wildman–Crippen LogP) is 0.0702. The molecular formula is C15H23N3O2. The van der Waals surface area contributed by atoms with Crippen molar-refractivity contribution in [2.24, 2.45) is 5.92 Å². The van der Waals surface area contributed by atoms with Gasteiger partial charge in [-0.05, 0) is 38.8 Å². The van der Waals surface area contributed by atoms with Crippen LogP contribution in [0.1, 0.15) is 25.7 Å². The first-order chi connectivity index (χ1) is 9.70. The van der Waals surface area contributed by atoms with Gasteiger partial charge in [-0.25, -0.2) is 0 Å². The van der Waals surface area contributed by atoms with E-state index in [0.29, 0.717) is 12.5 Å². The van der Waals surface area contributed by atoms with Crippen LogP contribution < -0.4 is 5.32 Å². The van der Waals surface area contributed by atoms with E-state index < -0.39 is 0 Å². The first kappa shape index (κ1) is 14.9. The molecule has 5 nitrogen and oxygen atoms in total. The van der Waals surface area contributed by atoms with E-state index in [1.54, 1.807) is 0 Å². The van der Waals surface area contributed by atoms with E-state index in [-0.39, 0.29) is 18.4 Å². The molecule has 2 aliphatic rings. The van der Waals surface area contributed by atoms with Crippen molar-refractivity contribution in [3.63, 3.8) is 0 Å². The lowest BCUT2D eigenvalue weighted by molar-refractivity contribution is -0.136. The molecule has 0 aliphatic carbocycles. The van der Waals surface area contributed by atoms with Crippen molar-refractivity contribution in [1.29, 1.82) is 0 Å².